The van der Waals surface area contributed by atoms with Crippen molar-refractivity contribution in [2.75, 3.05) is 13.4 Å². The molecule has 0 bridgehead atoms. The molecule has 25 heavy (non-hydrogen) atoms. The number of methoxy groups -OCH3 is 1. The predicted octanol–water partition coefficient (Wildman–Crippen LogP) is 3.53. The van der Waals surface area contributed by atoms with Crippen LogP contribution in [0.3, 0.4) is 0 Å². The second-order valence-electron chi connectivity index (χ2n) is 5.52. The minimum atomic E-state index is -3.49. The molecule has 0 aliphatic heterocycles. The van der Waals surface area contributed by atoms with E-state index in [2.05, 4.69) is 0 Å². The summed E-state index contributed by atoms with van der Waals surface area (Å²) in [6.45, 7) is 0. The fraction of sp³-hybridized carbons (Fsp3) is 0.167. The molecule has 2 aromatic carbocycles. The molecule has 0 N–H and O–H groups in total. The molecule has 0 aliphatic carbocycles. The molecule has 0 radical (unpaired) electrons. The lowest BCUT2D eigenvalue weighted by Gasteiger charge is -2.05. The van der Waals surface area contributed by atoms with E-state index < -0.39 is 16.0 Å². The van der Waals surface area contributed by atoms with Crippen LogP contribution in [-0.2, 0) is 20.5 Å². The summed E-state index contributed by atoms with van der Waals surface area (Å²) in [4.78, 5) is 12.8. The molecule has 0 amide bonds. The van der Waals surface area contributed by atoms with E-state index in [0.717, 1.165) is 16.7 Å². The highest BCUT2D eigenvalue weighted by Crippen LogP contribution is 2.35. The molecule has 0 unspecified atom stereocenters. The van der Waals surface area contributed by atoms with Gasteiger partial charge < -0.3 is 4.74 Å². The molecule has 3 aromatic rings. The molecule has 0 saturated heterocycles. The van der Waals surface area contributed by atoms with Gasteiger partial charge in [-0.05, 0) is 17.7 Å². The maximum atomic E-state index is 12.1. The van der Waals surface area contributed by atoms with Crippen LogP contribution in [0.15, 0.2) is 59.6 Å². The molecule has 7 heteroatoms. The predicted molar refractivity (Wildman–Crippen MR) is 99.5 cm³/mol. The van der Waals surface area contributed by atoms with Gasteiger partial charge in [-0.3, -0.25) is 0 Å². The molecule has 0 atom stereocenters. The third-order valence-electron chi connectivity index (χ3n) is 3.76. The topological polar surface area (TPSA) is 65.4 Å². The van der Waals surface area contributed by atoms with Crippen molar-refractivity contribution in [1.82, 2.24) is 3.97 Å². The molecule has 5 nitrogen and oxygen atoms in total. The SMILES string of the molecule is COC(=O)c1cccc2c1c(SCc1ccccc1)cn2S(C)(=O)=O. The van der Waals surface area contributed by atoms with E-state index in [-0.39, 0.29) is 0 Å². The van der Waals surface area contributed by atoms with Crippen molar-refractivity contribution in [3.05, 3.63) is 65.9 Å². The molecular weight excluding hydrogens is 358 g/mol. The zero-order valence-electron chi connectivity index (χ0n) is 13.8. The number of nitrogens with zero attached hydrogens (tertiary/aromatic N) is 1. The van der Waals surface area contributed by atoms with Crippen LogP contribution in [0.5, 0.6) is 0 Å². The average molecular weight is 375 g/mol. The van der Waals surface area contributed by atoms with Gasteiger partial charge in [-0.2, -0.15) is 0 Å². The maximum Gasteiger partial charge on any atom is 0.338 e. The number of ether oxygens (including phenoxy) is 1. The van der Waals surface area contributed by atoms with Crippen molar-refractivity contribution in [3.63, 3.8) is 0 Å². The number of fused-ring (bicyclic) bond motifs is 1. The minimum absolute atomic E-state index is 0.359. The summed E-state index contributed by atoms with van der Waals surface area (Å²) in [5.74, 6) is 0.178. The van der Waals surface area contributed by atoms with E-state index in [0.29, 0.717) is 22.2 Å². The lowest BCUT2D eigenvalue weighted by Crippen LogP contribution is -2.08. The zero-order valence-corrected chi connectivity index (χ0v) is 15.4. The van der Waals surface area contributed by atoms with Gasteiger partial charge in [0, 0.05) is 22.2 Å². The van der Waals surface area contributed by atoms with Crippen molar-refractivity contribution in [1.29, 1.82) is 0 Å². The van der Waals surface area contributed by atoms with Gasteiger partial charge in [-0.25, -0.2) is 17.2 Å². The molecule has 0 fully saturated rings. The normalized spacial score (nSPS) is 11.6. The van der Waals surface area contributed by atoms with Crippen molar-refractivity contribution in [2.45, 2.75) is 10.6 Å². The Morgan fingerprint density at radius 3 is 2.48 bits per heavy atom. The van der Waals surface area contributed by atoms with E-state index in [1.807, 2.05) is 30.3 Å². The lowest BCUT2D eigenvalue weighted by atomic mass is 10.1. The van der Waals surface area contributed by atoms with Crippen LogP contribution in [0.2, 0.25) is 0 Å². The van der Waals surface area contributed by atoms with E-state index in [1.165, 1.54) is 22.8 Å². The van der Waals surface area contributed by atoms with E-state index in [9.17, 15) is 13.2 Å². The number of hydrogen-bond acceptors (Lipinski definition) is 5. The first-order valence-corrected chi connectivity index (χ1v) is 10.3. The Morgan fingerprint density at radius 2 is 1.84 bits per heavy atom. The number of rotatable bonds is 5. The Bertz CT molecular complexity index is 1020. The van der Waals surface area contributed by atoms with Gasteiger partial charge in [0.25, 0.3) is 0 Å². The van der Waals surface area contributed by atoms with E-state index >= 15 is 0 Å². The zero-order chi connectivity index (χ0) is 18.0. The Balaban J connectivity index is 2.14. The largest absolute Gasteiger partial charge is 0.465 e. The molecule has 0 aliphatic rings. The highest BCUT2D eigenvalue weighted by atomic mass is 32.2. The second-order valence-corrected chi connectivity index (χ2v) is 8.39. The third-order valence-corrected chi connectivity index (χ3v) is 5.88. The number of carbonyl (C=O) groups is 1. The molecule has 0 spiro atoms. The lowest BCUT2D eigenvalue weighted by molar-refractivity contribution is 0.0603. The summed E-state index contributed by atoms with van der Waals surface area (Å²) in [6, 6.07) is 14.8. The smallest absolute Gasteiger partial charge is 0.338 e. The number of esters is 1. The van der Waals surface area contributed by atoms with Gasteiger partial charge >= 0.3 is 5.97 Å². The summed E-state index contributed by atoms with van der Waals surface area (Å²) in [5.41, 5.74) is 1.95. The standard InChI is InChI=1S/C18H17NO4S2/c1-23-18(20)14-9-6-10-15-17(14)16(11-19(15)25(2,21)22)24-12-13-7-4-3-5-8-13/h3-11H,12H2,1-2H3. The number of carbonyl (C=O) groups excluding carboxylic acids is 1. The van der Waals surface area contributed by atoms with Gasteiger partial charge in [0.2, 0.25) is 10.0 Å². The van der Waals surface area contributed by atoms with Crippen LogP contribution >= 0.6 is 11.8 Å². The van der Waals surface area contributed by atoms with Crippen LogP contribution in [-0.4, -0.2) is 31.7 Å². The summed E-state index contributed by atoms with van der Waals surface area (Å²) >= 11 is 1.49. The van der Waals surface area contributed by atoms with Crippen molar-refractivity contribution >= 4 is 38.7 Å². The van der Waals surface area contributed by atoms with E-state index in [4.69, 9.17) is 4.74 Å². The van der Waals surface area contributed by atoms with Crippen LogP contribution in [0, 0.1) is 0 Å². The monoisotopic (exact) mass is 375 g/mol. The minimum Gasteiger partial charge on any atom is -0.465 e. The first-order valence-electron chi connectivity index (χ1n) is 7.51. The fourth-order valence-corrected chi connectivity index (χ4v) is 4.55. The molecule has 1 aromatic heterocycles. The van der Waals surface area contributed by atoms with Gasteiger partial charge in [0.05, 0.1) is 24.4 Å². The molecule has 130 valence electrons. The summed E-state index contributed by atoms with van der Waals surface area (Å²) in [7, 11) is -2.18. The second kappa shape index (κ2) is 6.93. The summed E-state index contributed by atoms with van der Waals surface area (Å²) in [5, 5.41) is 0.598. The van der Waals surface area contributed by atoms with Gasteiger partial charge in [-0.1, -0.05) is 36.4 Å². The van der Waals surface area contributed by atoms with Crippen molar-refractivity contribution in [3.8, 4) is 0 Å². The Hall–Kier alpha value is -2.25. The fourth-order valence-electron chi connectivity index (χ4n) is 2.62. The van der Waals surface area contributed by atoms with E-state index in [1.54, 1.807) is 24.4 Å². The number of thioether (sulfide) groups is 1. The first kappa shape index (κ1) is 17.6. The highest BCUT2D eigenvalue weighted by molar-refractivity contribution is 7.98. The van der Waals surface area contributed by atoms with Crippen LogP contribution in [0.25, 0.3) is 10.9 Å². The Labute approximate surface area is 150 Å². The Kier molecular flexibility index (Phi) is 4.87. The summed E-state index contributed by atoms with van der Waals surface area (Å²) in [6.07, 6.45) is 2.71. The highest BCUT2D eigenvalue weighted by Gasteiger charge is 2.21. The van der Waals surface area contributed by atoms with Crippen molar-refractivity contribution in [2.24, 2.45) is 0 Å². The molecular formula is C18H17NO4S2. The first-order chi connectivity index (χ1) is 11.9. The average Bonchev–Trinajstić information content (AvgIpc) is 2.99. The van der Waals surface area contributed by atoms with Crippen LogP contribution in [0.4, 0.5) is 0 Å². The third kappa shape index (κ3) is 3.57. The number of aromatic nitrogens is 1. The van der Waals surface area contributed by atoms with Gasteiger partial charge in [0.15, 0.2) is 0 Å². The van der Waals surface area contributed by atoms with Crippen molar-refractivity contribution < 1.29 is 17.9 Å². The number of hydrogen-bond donors (Lipinski definition) is 0. The van der Waals surface area contributed by atoms with Crippen LogP contribution in [0.1, 0.15) is 15.9 Å². The molecule has 3 rings (SSSR count). The van der Waals surface area contributed by atoms with Gasteiger partial charge in [-0.15, -0.1) is 11.8 Å². The summed E-state index contributed by atoms with van der Waals surface area (Å²) < 4.78 is 30.3. The quantitative estimate of drug-likeness (QED) is 0.504. The Morgan fingerprint density at radius 1 is 1.12 bits per heavy atom. The molecule has 1 heterocycles. The molecule has 0 saturated carbocycles. The number of benzene rings is 2. The van der Waals surface area contributed by atoms with Crippen LogP contribution < -0.4 is 0 Å². The van der Waals surface area contributed by atoms with Gasteiger partial charge in [0.1, 0.15) is 0 Å². The maximum absolute atomic E-state index is 12.1.